The Kier molecular flexibility index (Phi) is 5.82. The number of carbonyl (C=O) groups excluding carboxylic acids is 2. The third-order valence-electron chi connectivity index (χ3n) is 5.22. The van der Waals surface area contributed by atoms with Crippen LogP contribution in [0.2, 0.25) is 5.02 Å². The topological polar surface area (TPSA) is 67.9 Å². The lowest BCUT2D eigenvalue weighted by atomic mass is 9.95. The average Bonchev–Trinajstić information content (AvgIpc) is 2.93. The monoisotopic (exact) mass is 436 g/mol. The molecular weight excluding hydrogens is 416 g/mol. The zero-order valence-corrected chi connectivity index (χ0v) is 17.8. The van der Waals surface area contributed by atoms with Crippen molar-refractivity contribution in [2.75, 3.05) is 26.1 Å². The zero-order valence-electron chi connectivity index (χ0n) is 17.1. The third kappa shape index (κ3) is 4.07. The van der Waals surface area contributed by atoms with Crippen LogP contribution >= 0.6 is 11.6 Å². The second-order valence-corrected chi connectivity index (χ2v) is 7.53. The molecule has 1 unspecified atom stereocenters. The fraction of sp³-hybridized carbons (Fsp3) is 0.167. The molecule has 0 radical (unpaired) electrons. The Hall–Kier alpha value is -3.51. The van der Waals surface area contributed by atoms with Gasteiger partial charge in [-0.05, 0) is 35.9 Å². The van der Waals surface area contributed by atoms with Crippen LogP contribution in [0.25, 0.3) is 0 Å². The van der Waals surface area contributed by atoms with Crippen molar-refractivity contribution in [2.45, 2.75) is 6.04 Å². The third-order valence-corrected chi connectivity index (χ3v) is 5.45. The Bertz CT molecular complexity index is 1130. The van der Waals surface area contributed by atoms with E-state index in [2.05, 4.69) is 5.32 Å². The summed E-state index contributed by atoms with van der Waals surface area (Å²) in [5.41, 5.74) is 2.66. The summed E-state index contributed by atoms with van der Waals surface area (Å²) in [5, 5.41) is 3.38. The smallest absolute Gasteiger partial charge is 0.255 e. The molecular formula is C24H21ClN2O4. The quantitative estimate of drug-likeness (QED) is 0.652. The van der Waals surface area contributed by atoms with Crippen LogP contribution in [0.4, 0.5) is 5.69 Å². The van der Waals surface area contributed by atoms with E-state index in [1.165, 1.54) is 14.2 Å². The van der Waals surface area contributed by atoms with Crippen molar-refractivity contribution < 1.29 is 19.1 Å². The standard InChI is InChI=1S/C24H21ClN2O4/c1-30-20-11-8-16(12-21(20)31-2)24(29)27-14-22(28)26-19-13-17(25)9-10-18(19)23(27)15-6-4-3-5-7-15/h3-13,23H,14H2,1-2H3,(H,26,28). The van der Waals surface area contributed by atoms with E-state index in [0.717, 1.165) is 11.1 Å². The maximum atomic E-state index is 13.6. The SMILES string of the molecule is COc1ccc(C(=O)N2CC(=O)Nc3cc(Cl)ccc3C2c2ccccc2)cc1OC. The average molecular weight is 437 g/mol. The molecule has 6 nitrogen and oxygen atoms in total. The van der Waals surface area contributed by atoms with E-state index < -0.39 is 6.04 Å². The van der Waals surface area contributed by atoms with Gasteiger partial charge in [0.25, 0.3) is 5.91 Å². The highest BCUT2D eigenvalue weighted by Crippen LogP contribution is 2.38. The molecule has 0 spiro atoms. The molecule has 1 aliphatic heterocycles. The van der Waals surface area contributed by atoms with E-state index in [1.807, 2.05) is 36.4 Å². The fourth-order valence-electron chi connectivity index (χ4n) is 3.80. The van der Waals surface area contributed by atoms with Crippen LogP contribution in [-0.2, 0) is 4.79 Å². The Balaban J connectivity index is 1.85. The molecule has 2 amide bonds. The first-order valence-electron chi connectivity index (χ1n) is 9.69. The number of nitrogens with one attached hydrogen (secondary N) is 1. The highest BCUT2D eigenvalue weighted by molar-refractivity contribution is 6.31. The zero-order chi connectivity index (χ0) is 22.0. The number of rotatable bonds is 4. The molecule has 1 heterocycles. The molecule has 158 valence electrons. The van der Waals surface area contributed by atoms with Crippen molar-refractivity contribution in [3.8, 4) is 11.5 Å². The molecule has 31 heavy (non-hydrogen) atoms. The van der Waals surface area contributed by atoms with Gasteiger partial charge in [-0.3, -0.25) is 9.59 Å². The number of methoxy groups -OCH3 is 2. The van der Waals surface area contributed by atoms with Crippen molar-refractivity contribution in [3.63, 3.8) is 0 Å². The van der Waals surface area contributed by atoms with Crippen LogP contribution in [0.3, 0.4) is 0 Å². The first-order valence-corrected chi connectivity index (χ1v) is 10.1. The van der Waals surface area contributed by atoms with E-state index in [9.17, 15) is 9.59 Å². The van der Waals surface area contributed by atoms with E-state index in [0.29, 0.717) is 27.8 Å². The van der Waals surface area contributed by atoms with Crippen LogP contribution in [-0.4, -0.2) is 37.5 Å². The Morgan fingerprint density at radius 1 is 1.00 bits per heavy atom. The minimum Gasteiger partial charge on any atom is -0.493 e. The van der Waals surface area contributed by atoms with Gasteiger partial charge in [-0.1, -0.05) is 48.0 Å². The van der Waals surface area contributed by atoms with Crippen LogP contribution in [0.1, 0.15) is 27.5 Å². The maximum absolute atomic E-state index is 13.6. The largest absolute Gasteiger partial charge is 0.493 e. The molecule has 0 fully saturated rings. The normalized spacial score (nSPS) is 15.5. The molecule has 3 aromatic rings. The number of amides is 2. The number of benzene rings is 3. The molecule has 4 rings (SSSR count). The number of halogens is 1. The van der Waals surface area contributed by atoms with Gasteiger partial charge in [-0.2, -0.15) is 0 Å². The van der Waals surface area contributed by atoms with Crippen molar-refractivity contribution in [3.05, 3.63) is 88.4 Å². The van der Waals surface area contributed by atoms with Crippen molar-refractivity contribution in [2.24, 2.45) is 0 Å². The second kappa shape index (κ2) is 8.70. The Labute approximate surface area is 185 Å². The van der Waals surface area contributed by atoms with Crippen molar-refractivity contribution >= 4 is 29.1 Å². The Morgan fingerprint density at radius 2 is 1.74 bits per heavy atom. The predicted octanol–water partition coefficient (Wildman–Crippen LogP) is 4.54. The van der Waals surface area contributed by atoms with E-state index >= 15 is 0 Å². The van der Waals surface area contributed by atoms with Crippen molar-refractivity contribution in [1.29, 1.82) is 0 Å². The molecule has 1 atom stereocenters. The maximum Gasteiger partial charge on any atom is 0.255 e. The fourth-order valence-corrected chi connectivity index (χ4v) is 3.97. The lowest BCUT2D eigenvalue weighted by molar-refractivity contribution is -0.117. The number of nitrogens with zero attached hydrogens (tertiary/aromatic N) is 1. The number of ether oxygens (including phenoxy) is 2. The molecule has 1 aliphatic rings. The minimum absolute atomic E-state index is 0.112. The predicted molar refractivity (Wildman–Crippen MR) is 119 cm³/mol. The minimum atomic E-state index is -0.479. The van der Waals surface area contributed by atoms with Gasteiger partial charge in [0.05, 0.1) is 20.3 Å². The molecule has 7 heteroatoms. The number of hydrogen-bond donors (Lipinski definition) is 1. The van der Waals surface area contributed by atoms with Crippen molar-refractivity contribution in [1.82, 2.24) is 4.90 Å². The van der Waals surface area contributed by atoms with Gasteiger partial charge >= 0.3 is 0 Å². The molecule has 0 saturated carbocycles. The van der Waals surface area contributed by atoms with E-state index in [-0.39, 0.29) is 18.4 Å². The first-order chi connectivity index (χ1) is 15.0. The van der Waals surface area contributed by atoms with Crippen LogP contribution in [0, 0.1) is 0 Å². The molecule has 1 N–H and O–H groups in total. The van der Waals surface area contributed by atoms with Gasteiger partial charge in [0.15, 0.2) is 11.5 Å². The van der Waals surface area contributed by atoms with Crippen LogP contribution < -0.4 is 14.8 Å². The molecule has 0 aromatic heterocycles. The van der Waals surface area contributed by atoms with Gasteiger partial charge in [0.1, 0.15) is 6.54 Å². The summed E-state index contributed by atoms with van der Waals surface area (Å²) in [6, 6.07) is 19.4. The number of fused-ring (bicyclic) bond motifs is 1. The highest BCUT2D eigenvalue weighted by atomic mass is 35.5. The summed E-state index contributed by atoms with van der Waals surface area (Å²) in [7, 11) is 3.05. The summed E-state index contributed by atoms with van der Waals surface area (Å²) in [6.07, 6.45) is 0. The van der Waals surface area contributed by atoms with Gasteiger partial charge < -0.3 is 19.7 Å². The van der Waals surface area contributed by atoms with Gasteiger partial charge in [0, 0.05) is 21.8 Å². The molecule has 3 aromatic carbocycles. The Morgan fingerprint density at radius 3 is 2.45 bits per heavy atom. The first kappa shape index (κ1) is 20.8. The summed E-state index contributed by atoms with van der Waals surface area (Å²) < 4.78 is 10.6. The lowest BCUT2D eigenvalue weighted by Gasteiger charge is -2.31. The lowest BCUT2D eigenvalue weighted by Crippen LogP contribution is -2.39. The summed E-state index contributed by atoms with van der Waals surface area (Å²) in [4.78, 5) is 27.9. The van der Waals surface area contributed by atoms with Gasteiger partial charge in [0.2, 0.25) is 5.91 Å². The van der Waals surface area contributed by atoms with E-state index in [4.69, 9.17) is 21.1 Å². The second-order valence-electron chi connectivity index (χ2n) is 7.10. The van der Waals surface area contributed by atoms with Gasteiger partial charge in [-0.15, -0.1) is 0 Å². The summed E-state index contributed by atoms with van der Waals surface area (Å²) in [6.45, 7) is -0.112. The summed E-state index contributed by atoms with van der Waals surface area (Å²) >= 11 is 6.17. The van der Waals surface area contributed by atoms with Crippen LogP contribution in [0.15, 0.2) is 66.7 Å². The number of carbonyl (C=O) groups is 2. The summed E-state index contributed by atoms with van der Waals surface area (Å²) in [5.74, 6) is 0.367. The highest BCUT2D eigenvalue weighted by Gasteiger charge is 2.34. The molecule has 0 bridgehead atoms. The number of hydrogen-bond acceptors (Lipinski definition) is 4. The van der Waals surface area contributed by atoms with E-state index in [1.54, 1.807) is 35.2 Å². The van der Waals surface area contributed by atoms with Crippen LogP contribution in [0.5, 0.6) is 11.5 Å². The molecule has 0 aliphatic carbocycles. The van der Waals surface area contributed by atoms with Gasteiger partial charge in [-0.25, -0.2) is 0 Å². The molecule has 0 saturated heterocycles. The number of anilines is 1.